The number of carbonyl (C=O) groups excluding carboxylic acids is 1. The van der Waals surface area contributed by atoms with E-state index in [1.54, 1.807) is 24.3 Å². The van der Waals surface area contributed by atoms with Gasteiger partial charge in [-0.3, -0.25) is 4.79 Å². The summed E-state index contributed by atoms with van der Waals surface area (Å²) < 4.78 is 18.9. The first-order valence-electron chi connectivity index (χ1n) is 6.30. The lowest BCUT2D eigenvalue weighted by atomic mass is 9.95. The van der Waals surface area contributed by atoms with Crippen molar-refractivity contribution in [2.45, 2.75) is 12.8 Å². The number of allylic oxidation sites excluding steroid dienone is 1. The third kappa shape index (κ3) is 2.12. The average Bonchev–Trinajstić information content (AvgIpc) is 2.48. The Bertz CT molecular complexity index is 674. The zero-order valence-corrected chi connectivity index (χ0v) is 10.4. The Balaban J connectivity index is 2.13. The van der Waals surface area contributed by atoms with Crippen LogP contribution >= 0.6 is 0 Å². The predicted molar refractivity (Wildman–Crippen MR) is 71.5 cm³/mol. The van der Waals surface area contributed by atoms with Crippen molar-refractivity contribution in [1.82, 2.24) is 0 Å². The van der Waals surface area contributed by atoms with Gasteiger partial charge in [-0.15, -0.1) is 0 Å². The molecule has 3 heteroatoms. The molecule has 0 atom stereocenters. The number of fused-ring (bicyclic) bond motifs is 1. The minimum Gasteiger partial charge on any atom is -0.501 e. The molecule has 1 aliphatic heterocycles. The molecule has 0 saturated carbocycles. The Morgan fingerprint density at radius 3 is 2.63 bits per heavy atom. The fourth-order valence-electron chi connectivity index (χ4n) is 2.36. The van der Waals surface area contributed by atoms with Gasteiger partial charge < -0.3 is 4.74 Å². The van der Waals surface area contributed by atoms with Gasteiger partial charge in [-0.25, -0.2) is 4.39 Å². The summed E-state index contributed by atoms with van der Waals surface area (Å²) in [7, 11) is 0. The van der Waals surface area contributed by atoms with Crippen LogP contribution < -0.4 is 0 Å². The van der Waals surface area contributed by atoms with Crippen molar-refractivity contribution in [3.05, 3.63) is 59.6 Å². The van der Waals surface area contributed by atoms with Crippen molar-refractivity contribution in [2.24, 2.45) is 0 Å². The average molecular weight is 256 g/mol. The van der Waals surface area contributed by atoms with E-state index >= 15 is 0 Å². The van der Waals surface area contributed by atoms with E-state index in [2.05, 4.69) is 0 Å². The normalized spacial score (nSPS) is 14.9. The Hall–Kier alpha value is -2.16. The maximum Gasteiger partial charge on any atom is 0.192 e. The molecular weight excluding hydrogens is 243 g/mol. The second kappa shape index (κ2) is 4.84. The van der Waals surface area contributed by atoms with Crippen molar-refractivity contribution in [3.63, 3.8) is 0 Å². The quantitative estimate of drug-likeness (QED) is 0.763. The molecule has 0 amide bonds. The van der Waals surface area contributed by atoms with Gasteiger partial charge in [0.15, 0.2) is 5.78 Å². The summed E-state index contributed by atoms with van der Waals surface area (Å²) >= 11 is 0. The zero-order chi connectivity index (χ0) is 13.2. The molecule has 2 aromatic carbocycles. The van der Waals surface area contributed by atoms with Gasteiger partial charge in [0.25, 0.3) is 0 Å². The number of hydrogen-bond acceptors (Lipinski definition) is 2. The van der Waals surface area contributed by atoms with Crippen LogP contribution in [0.15, 0.2) is 48.2 Å². The van der Waals surface area contributed by atoms with Gasteiger partial charge in [-0.1, -0.05) is 24.3 Å². The van der Waals surface area contributed by atoms with Crippen LogP contribution in [0.5, 0.6) is 0 Å². The maximum absolute atomic E-state index is 13.7. The Morgan fingerprint density at radius 2 is 1.89 bits per heavy atom. The summed E-state index contributed by atoms with van der Waals surface area (Å²) in [4.78, 5) is 12.5. The molecule has 0 bridgehead atoms. The van der Waals surface area contributed by atoms with Crippen LogP contribution in [0.1, 0.15) is 23.2 Å². The van der Waals surface area contributed by atoms with Crippen LogP contribution in [0.3, 0.4) is 0 Å². The van der Waals surface area contributed by atoms with Crippen LogP contribution in [-0.2, 0) is 4.74 Å². The van der Waals surface area contributed by atoms with Gasteiger partial charge in [0, 0.05) is 16.5 Å². The van der Waals surface area contributed by atoms with Gasteiger partial charge in [-0.05, 0) is 30.4 Å². The molecule has 0 spiro atoms. The number of hydrogen-bond donors (Lipinski definition) is 0. The predicted octanol–water partition coefficient (Wildman–Crippen LogP) is 3.86. The minimum atomic E-state index is -0.305. The van der Waals surface area contributed by atoms with Gasteiger partial charge in [0.05, 0.1) is 12.9 Å². The molecule has 0 saturated heterocycles. The van der Waals surface area contributed by atoms with E-state index in [4.69, 9.17) is 4.74 Å². The van der Waals surface area contributed by atoms with Crippen molar-refractivity contribution in [3.8, 4) is 0 Å². The fraction of sp³-hybridized carbons (Fsp3) is 0.188. The molecule has 96 valence electrons. The van der Waals surface area contributed by atoms with Gasteiger partial charge in [-0.2, -0.15) is 0 Å². The van der Waals surface area contributed by atoms with E-state index in [1.165, 1.54) is 12.3 Å². The maximum atomic E-state index is 13.7. The first-order chi connectivity index (χ1) is 9.27. The summed E-state index contributed by atoms with van der Waals surface area (Å²) in [6.07, 6.45) is 3.09. The number of ketones is 1. The van der Waals surface area contributed by atoms with Crippen molar-refractivity contribution < 1.29 is 13.9 Å². The Kier molecular flexibility index (Phi) is 3.03. The third-order valence-electron chi connectivity index (χ3n) is 3.34. The van der Waals surface area contributed by atoms with Crippen molar-refractivity contribution in [2.75, 3.05) is 6.61 Å². The van der Waals surface area contributed by atoms with E-state index in [0.29, 0.717) is 34.9 Å². The summed E-state index contributed by atoms with van der Waals surface area (Å²) in [5.41, 5.74) is 1.19. The molecule has 0 radical (unpaired) electrons. The summed E-state index contributed by atoms with van der Waals surface area (Å²) in [6, 6.07) is 9.94. The molecule has 1 heterocycles. The number of halogens is 1. The summed E-state index contributed by atoms with van der Waals surface area (Å²) in [6.45, 7) is 0.654. The number of benzene rings is 2. The molecule has 0 N–H and O–H groups in total. The van der Waals surface area contributed by atoms with Crippen LogP contribution in [0.4, 0.5) is 4.39 Å². The minimum absolute atomic E-state index is 0.0732. The zero-order valence-electron chi connectivity index (χ0n) is 10.4. The molecule has 0 aliphatic carbocycles. The molecule has 3 rings (SSSR count). The molecule has 0 fully saturated rings. The molecular formula is C16H13FO2. The molecule has 2 aromatic rings. The van der Waals surface area contributed by atoms with E-state index in [-0.39, 0.29) is 11.6 Å². The van der Waals surface area contributed by atoms with Crippen LogP contribution in [-0.4, -0.2) is 12.4 Å². The van der Waals surface area contributed by atoms with Crippen LogP contribution in [0.25, 0.3) is 10.8 Å². The van der Waals surface area contributed by atoms with E-state index in [1.807, 2.05) is 6.07 Å². The highest BCUT2D eigenvalue weighted by molar-refractivity contribution is 6.16. The number of rotatable bonds is 2. The van der Waals surface area contributed by atoms with Crippen LogP contribution in [0, 0.1) is 5.82 Å². The Labute approximate surface area is 110 Å². The standard InChI is InChI=1S/C16H13FO2/c17-15-8-7-14(12-5-1-2-6-13(12)15)16(18)11-4-3-9-19-10-11/h1-2,5-8,10H,3-4,9H2. The second-order valence-electron chi connectivity index (χ2n) is 4.59. The smallest absolute Gasteiger partial charge is 0.192 e. The highest BCUT2D eigenvalue weighted by Crippen LogP contribution is 2.26. The highest BCUT2D eigenvalue weighted by atomic mass is 19.1. The monoisotopic (exact) mass is 256 g/mol. The van der Waals surface area contributed by atoms with E-state index in [0.717, 1.165) is 6.42 Å². The largest absolute Gasteiger partial charge is 0.501 e. The second-order valence-corrected chi connectivity index (χ2v) is 4.59. The Morgan fingerprint density at radius 1 is 1.11 bits per heavy atom. The van der Waals surface area contributed by atoms with Gasteiger partial charge in [0.2, 0.25) is 0 Å². The lowest BCUT2D eigenvalue weighted by Crippen LogP contribution is -2.10. The van der Waals surface area contributed by atoms with Gasteiger partial charge >= 0.3 is 0 Å². The first-order valence-corrected chi connectivity index (χ1v) is 6.30. The number of ether oxygens (including phenoxy) is 1. The number of Topliss-reactive ketones (excluding diaryl/α,β-unsaturated/α-hetero) is 1. The lowest BCUT2D eigenvalue weighted by molar-refractivity contribution is 0.101. The SMILES string of the molecule is O=C(C1=COCCC1)c1ccc(F)c2ccccc12. The van der Waals surface area contributed by atoms with E-state index in [9.17, 15) is 9.18 Å². The summed E-state index contributed by atoms with van der Waals surface area (Å²) in [5, 5.41) is 1.13. The third-order valence-corrected chi connectivity index (χ3v) is 3.34. The van der Waals surface area contributed by atoms with E-state index < -0.39 is 0 Å². The molecule has 2 nitrogen and oxygen atoms in total. The molecule has 19 heavy (non-hydrogen) atoms. The number of carbonyl (C=O) groups is 1. The molecule has 1 aliphatic rings. The van der Waals surface area contributed by atoms with Crippen molar-refractivity contribution in [1.29, 1.82) is 0 Å². The fourth-order valence-corrected chi connectivity index (χ4v) is 2.36. The summed E-state index contributed by atoms with van der Waals surface area (Å²) in [5.74, 6) is -0.378. The molecule has 0 unspecified atom stereocenters. The van der Waals surface area contributed by atoms with Crippen LogP contribution in [0.2, 0.25) is 0 Å². The lowest BCUT2D eigenvalue weighted by Gasteiger charge is -2.14. The molecule has 0 aromatic heterocycles. The highest BCUT2D eigenvalue weighted by Gasteiger charge is 2.18. The topological polar surface area (TPSA) is 26.3 Å². The first kappa shape index (κ1) is 11.9. The van der Waals surface area contributed by atoms with Crippen molar-refractivity contribution >= 4 is 16.6 Å². The van der Waals surface area contributed by atoms with Gasteiger partial charge in [0.1, 0.15) is 5.82 Å².